The summed E-state index contributed by atoms with van der Waals surface area (Å²) in [6.07, 6.45) is 1.23. The van der Waals surface area contributed by atoms with E-state index in [2.05, 4.69) is 10.3 Å². The number of esters is 1. The van der Waals surface area contributed by atoms with E-state index < -0.39 is 12.1 Å². The molecule has 1 atom stereocenters. The van der Waals surface area contributed by atoms with Gasteiger partial charge in [0, 0.05) is 6.04 Å². The number of nitrogens with one attached hydrogen (secondary N) is 1. The highest BCUT2D eigenvalue weighted by molar-refractivity contribution is 7.99. The standard InChI is InChI=1S/C18H21N3O5S/c1-10(22)8-21-16(24)13-6-3-11(17(25)26-2)7-14(13)20-18(21)27-9-15(23)19-12-4-5-12/h3,6-7,10,12,22H,4-5,8-9H2,1-2H3,(H,19,23)/t10-/m1/s1. The first-order valence-electron chi connectivity index (χ1n) is 8.62. The molecule has 1 amide bonds. The summed E-state index contributed by atoms with van der Waals surface area (Å²) in [5, 5.41) is 13.3. The summed E-state index contributed by atoms with van der Waals surface area (Å²) in [6.45, 7) is 1.64. The van der Waals surface area contributed by atoms with Crippen molar-refractivity contribution in [1.29, 1.82) is 0 Å². The Morgan fingerprint density at radius 3 is 2.81 bits per heavy atom. The molecule has 144 valence electrons. The number of carbonyl (C=O) groups is 2. The van der Waals surface area contributed by atoms with Crippen LogP contribution >= 0.6 is 11.8 Å². The van der Waals surface area contributed by atoms with Gasteiger partial charge in [-0.3, -0.25) is 14.2 Å². The van der Waals surface area contributed by atoms with E-state index >= 15 is 0 Å². The van der Waals surface area contributed by atoms with Gasteiger partial charge in [0.1, 0.15) is 0 Å². The molecule has 1 aromatic carbocycles. The van der Waals surface area contributed by atoms with Gasteiger partial charge in [0.25, 0.3) is 5.56 Å². The molecule has 27 heavy (non-hydrogen) atoms. The van der Waals surface area contributed by atoms with Crippen LogP contribution in [0, 0.1) is 0 Å². The molecule has 0 spiro atoms. The summed E-state index contributed by atoms with van der Waals surface area (Å²) in [6, 6.07) is 4.76. The van der Waals surface area contributed by atoms with Crippen molar-refractivity contribution in [3.63, 3.8) is 0 Å². The van der Waals surface area contributed by atoms with Crippen LogP contribution in [-0.4, -0.2) is 51.5 Å². The highest BCUT2D eigenvalue weighted by Crippen LogP contribution is 2.21. The van der Waals surface area contributed by atoms with Gasteiger partial charge in [-0.25, -0.2) is 9.78 Å². The third-order valence-corrected chi connectivity index (χ3v) is 5.04. The Bertz CT molecular complexity index is 936. The van der Waals surface area contributed by atoms with Gasteiger partial charge < -0.3 is 15.2 Å². The molecule has 0 radical (unpaired) electrons. The second-order valence-electron chi connectivity index (χ2n) is 6.51. The Hall–Kier alpha value is -2.39. The molecule has 9 heteroatoms. The Morgan fingerprint density at radius 2 is 2.19 bits per heavy atom. The van der Waals surface area contributed by atoms with Crippen LogP contribution in [0.3, 0.4) is 0 Å². The Morgan fingerprint density at radius 1 is 1.44 bits per heavy atom. The molecule has 0 bridgehead atoms. The van der Waals surface area contributed by atoms with E-state index in [0.717, 1.165) is 24.6 Å². The summed E-state index contributed by atoms with van der Waals surface area (Å²) in [5.74, 6) is -0.529. The molecule has 1 saturated carbocycles. The van der Waals surface area contributed by atoms with Crippen LogP contribution in [0.2, 0.25) is 0 Å². The minimum atomic E-state index is -0.754. The minimum absolute atomic E-state index is 0.0626. The molecule has 1 aliphatic carbocycles. The second-order valence-corrected chi connectivity index (χ2v) is 7.46. The van der Waals surface area contributed by atoms with E-state index in [1.165, 1.54) is 29.9 Å². The van der Waals surface area contributed by atoms with Crippen molar-refractivity contribution >= 4 is 34.5 Å². The van der Waals surface area contributed by atoms with Crippen molar-refractivity contribution in [3.05, 3.63) is 34.1 Å². The average molecular weight is 391 g/mol. The predicted molar refractivity (Wildman–Crippen MR) is 101 cm³/mol. The number of aromatic nitrogens is 2. The fourth-order valence-electron chi connectivity index (χ4n) is 2.61. The molecule has 1 heterocycles. The number of aliphatic hydroxyl groups is 1. The largest absolute Gasteiger partial charge is 0.465 e. The van der Waals surface area contributed by atoms with Gasteiger partial charge in [-0.05, 0) is 38.0 Å². The number of methoxy groups -OCH3 is 1. The molecular formula is C18H21N3O5S. The van der Waals surface area contributed by atoms with Crippen LogP contribution in [0.15, 0.2) is 28.2 Å². The van der Waals surface area contributed by atoms with E-state index in [1.54, 1.807) is 6.92 Å². The van der Waals surface area contributed by atoms with Crippen molar-refractivity contribution in [2.75, 3.05) is 12.9 Å². The summed E-state index contributed by atoms with van der Waals surface area (Å²) < 4.78 is 6.06. The number of nitrogens with zero attached hydrogens (tertiary/aromatic N) is 2. The lowest BCUT2D eigenvalue weighted by Crippen LogP contribution is -2.30. The highest BCUT2D eigenvalue weighted by atomic mass is 32.2. The first-order chi connectivity index (χ1) is 12.9. The van der Waals surface area contributed by atoms with Crippen molar-refractivity contribution in [2.24, 2.45) is 0 Å². The number of ether oxygens (including phenoxy) is 1. The lowest BCUT2D eigenvalue weighted by Gasteiger charge is -2.14. The van der Waals surface area contributed by atoms with Crippen LogP contribution in [-0.2, 0) is 16.1 Å². The van der Waals surface area contributed by atoms with E-state index in [4.69, 9.17) is 4.74 Å². The zero-order valence-electron chi connectivity index (χ0n) is 15.1. The molecule has 3 rings (SSSR count). The maximum atomic E-state index is 12.8. The monoisotopic (exact) mass is 391 g/mol. The number of aliphatic hydroxyl groups excluding tert-OH is 1. The number of benzene rings is 1. The first kappa shape index (κ1) is 19.4. The molecule has 0 saturated heterocycles. The Labute approximate surface area is 159 Å². The smallest absolute Gasteiger partial charge is 0.337 e. The fourth-order valence-corrected chi connectivity index (χ4v) is 3.43. The van der Waals surface area contributed by atoms with E-state index in [1.807, 2.05) is 0 Å². The Kier molecular flexibility index (Phi) is 5.81. The van der Waals surface area contributed by atoms with Crippen molar-refractivity contribution in [1.82, 2.24) is 14.9 Å². The number of fused-ring (bicyclic) bond motifs is 1. The van der Waals surface area contributed by atoms with Crippen molar-refractivity contribution in [3.8, 4) is 0 Å². The maximum Gasteiger partial charge on any atom is 0.337 e. The van der Waals surface area contributed by atoms with Crippen LogP contribution in [0.25, 0.3) is 10.9 Å². The number of carbonyl (C=O) groups excluding carboxylic acids is 2. The molecule has 1 aromatic heterocycles. The third kappa shape index (κ3) is 4.67. The summed E-state index contributed by atoms with van der Waals surface area (Å²) in [7, 11) is 1.28. The average Bonchev–Trinajstić information content (AvgIpc) is 3.45. The van der Waals surface area contributed by atoms with Crippen LogP contribution in [0.4, 0.5) is 0 Å². The number of amides is 1. The van der Waals surface area contributed by atoms with Gasteiger partial charge in [-0.1, -0.05) is 11.8 Å². The summed E-state index contributed by atoms with van der Waals surface area (Å²) >= 11 is 1.13. The van der Waals surface area contributed by atoms with Crippen LogP contribution in [0.1, 0.15) is 30.1 Å². The highest BCUT2D eigenvalue weighted by Gasteiger charge is 2.23. The van der Waals surface area contributed by atoms with Crippen molar-refractivity contribution in [2.45, 2.75) is 43.6 Å². The molecule has 2 N–H and O–H groups in total. The number of hydrogen-bond acceptors (Lipinski definition) is 7. The van der Waals surface area contributed by atoms with E-state index in [-0.39, 0.29) is 35.4 Å². The van der Waals surface area contributed by atoms with E-state index in [9.17, 15) is 19.5 Å². The lowest BCUT2D eigenvalue weighted by molar-refractivity contribution is -0.118. The van der Waals surface area contributed by atoms with Gasteiger partial charge >= 0.3 is 5.97 Å². The molecule has 1 aliphatic rings. The number of hydrogen-bond donors (Lipinski definition) is 2. The van der Waals surface area contributed by atoms with E-state index in [0.29, 0.717) is 16.1 Å². The molecule has 0 unspecified atom stereocenters. The summed E-state index contributed by atoms with van der Waals surface area (Å²) in [4.78, 5) is 41.0. The minimum Gasteiger partial charge on any atom is -0.465 e. The molecule has 2 aromatic rings. The molecular weight excluding hydrogens is 370 g/mol. The van der Waals surface area contributed by atoms with Crippen LogP contribution < -0.4 is 10.9 Å². The lowest BCUT2D eigenvalue weighted by atomic mass is 10.1. The predicted octanol–water partition coefficient (Wildman–Crippen LogP) is 0.935. The SMILES string of the molecule is COC(=O)c1ccc2c(=O)n(C[C@@H](C)O)c(SCC(=O)NC3CC3)nc2c1. The van der Waals surface area contributed by atoms with Gasteiger partial charge in [0.15, 0.2) is 5.16 Å². The topological polar surface area (TPSA) is 111 Å². The first-order valence-corrected chi connectivity index (χ1v) is 9.60. The summed E-state index contributed by atoms with van der Waals surface area (Å²) in [5.41, 5.74) is 0.296. The zero-order chi connectivity index (χ0) is 19.6. The normalized spacial score (nSPS) is 14.8. The van der Waals surface area contributed by atoms with Crippen LogP contribution in [0.5, 0.6) is 0 Å². The number of rotatable bonds is 7. The van der Waals surface area contributed by atoms with Gasteiger partial charge in [0.05, 0.1) is 42.0 Å². The van der Waals surface area contributed by atoms with Gasteiger partial charge in [-0.15, -0.1) is 0 Å². The molecule has 0 aliphatic heterocycles. The third-order valence-electron chi connectivity index (χ3n) is 4.06. The molecule has 8 nitrogen and oxygen atoms in total. The maximum absolute atomic E-state index is 12.8. The number of thioether (sulfide) groups is 1. The molecule has 1 fully saturated rings. The quantitative estimate of drug-likeness (QED) is 0.410. The van der Waals surface area contributed by atoms with Crippen molar-refractivity contribution < 1.29 is 19.4 Å². The van der Waals surface area contributed by atoms with Gasteiger partial charge in [0.2, 0.25) is 5.91 Å². The fraction of sp³-hybridized carbons (Fsp3) is 0.444. The van der Waals surface area contributed by atoms with Gasteiger partial charge in [-0.2, -0.15) is 0 Å². The Balaban J connectivity index is 1.97. The second kappa shape index (κ2) is 8.10. The zero-order valence-corrected chi connectivity index (χ0v) is 15.9.